The second kappa shape index (κ2) is 3.47. The van der Waals surface area contributed by atoms with E-state index in [1.165, 1.54) is 0 Å². The van der Waals surface area contributed by atoms with Crippen LogP contribution < -0.4 is 0 Å². The summed E-state index contributed by atoms with van der Waals surface area (Å²) < 4.78 is -0.582. The minimum atomic E-state index is -2.07. The van der Waals surface area contributed by atoms with Gasteiger partial charge in [0.25, 0.3) is 0 Å². The zero-order valence-corrected chi connectivity index (χ0v) is 10.9. The summed E-state index contributed by atoms with van der Waals surface area (Å²) >= 11 is -2.07. The van der Waals surface area contributed by atoms with E-state index in [2.05, 4.69) is 17.3 Å². The second-order valence-corrected chi connectivity index (χ2v) is 16.2. The molecule has 0 heterocycles. The molecular weight excluding hydrogens is 221 g/mol. The molecule has 1 rings (SSSR count). The van der Waals surface area contributed by atoms with Crippen molar-refractivity contribution in [1.82, 2.24) is 0 Å². The van der Waals surface area contributed by atoms with Gasteiger partial charge in [0.2, 0.25) is 0 Å². The predicted molar refractivity (Wildman–Crippen MR) is 59.4 cm³/mol. The standard InChI is InChI=1S/C11H18GeO/c1-11(13,12(2,3)4)10-8-6-5-7-9-10/h5-9,13H,1-4H3. The van der Waals surface area contributed by atoms with Crippen LogP contribution in [0.25, 0.3) is 0 Å². The zero-order valence-electron chi connectivity index (χ0n) is 8.83. The van der Waals surface area contributed by atoms with Crippen LogP contribution in [-0.2, 0) is 4.43 Å². The van der Waals surface area contributed by atoms with Crippen LogP contribution in [0.5, 0.6) is 0 Å². The van der Waals surface area contributed by atoms with Crippen LogP contribution in [0.1, 0.15) is 12.5 Å². The van der Waals surface area contributed by atoms with Gasteiger partial charge in [-0.15, -0.1) is 0 Å². The molecule has 0 radical (unpaired) electrons. The van der Waals surface area contributed by atoms with E-state index in [1.54, 1.807) is 0 Å². The fraction of sp³-hybridized carbons (Fsp3) is 0.455. The first-order valence-electron chi connectivity index (χ1n) is 4.63. The Morgan fingerprint density at radius 3 is 1.92 bits per heavy atom. The summed E-state index contributed by atoms with van der Waals surface area (Å²) in [7, 11) is 0. The van der Waals surface area contributed by atoms with Gasteiger partial charge in [-0.3, -0.25) is 0 Å². The van der Waals surface area contributed by atoms with Crippen LogP contribution in [0.4, 0.5) is 0 Å². The Hall–Kier alpha value is -0.277. The van der Waals surface area contributed by atoms with Crippen molar-refractivity contribution in [2.75, 3.05) is 0 Å². The summed E-state index contributed by atoms with van der Waals surface area (Å²) in [6.07, 6.45) is 0. The van der Waals surface area contributed by atoms with E-state index in [4.69, 9.17) is 0 Å². The van der Waals surface area contributed by atoms with Gasteiger partial charge >= 0.3 is 82.9 Å². The van der Waals surface area contributed by atoms with Crippen LogP contribution in [0, 0.1) is 0 Å². The first-order valence-corrected chi connectivity index (χ1v) is 12.0. The zero-order chi connectivity index (χ0) is 10.1. The Balaban J connectivity index is 3.08. The SMILES string of the molecule is C[C](O)(c1ccccc1)[Ge]([CH3])([CH3])[CH3]. The number of benzene rings is 1. The molecular formula is C11H18GeO. The van der Waals surface area contributed by atoms with Gasteiger partial charge in [-0.05, 0) is 0 Å². The normalized spacial score (nSPS) is 16.7. The number of hydrogen-bond acceptors (Lipinski definition) is 1. The maximum atomic E-state index is 10.4. The Kier molecular flexibility index (Phi) is 2.88. The Morgan fingerprint density at radius 2 is 1.54 bits per heavy atom. The molecule has 72 valence electrons. The molecule has 0 bridgehead atoms. The van der Waals surface area contributed by atoms with Crippen molar-refractivity contribution in [2.45, 2.75) is 28.6 Å². The van der Waals surface area contributed by atoms with Gasteiger partial charge in [0.15, 0.2) is 0 Å². The van der Waals surface area contributed by atoms with E-state index in [0.717, 1.165) is 5.56 Å². The summed E-state index contributed by atoms with van der Waals surface area (Å²) in [5.74, 6) is 6.69. The van der Waals surface area contributed by atoms with Crippen molar-refractivity contribution in [3.8, 4) is 0 Å². The van der Waals surface area contributed by atoms with E-state index in [-0.39, 0.29) is 0 Å². The Labute approximate surface area is 83.2 Å². The molecule has 13 heavy (non-hydrogen) atoms. The molecule has 1 unspecified atom stereocenters. The van der Waals surface area contributed by atoms with Crippen molar-refractivity contribution in [1.29, 1.82) is 0 Å². The fourth-order valence-corrected chi connectivity index (χ4v) is 3.36. The molecule has 0 aliphatic rings. The third-order valence-corrected chi connectivity index (χ3v) is 9.53. The average Bonchev–Trinajstić information content (AvgIpc) is 2.04. The minimum absolute atomic E-state index is 0.582. The molecule has 0 spiro atoms. The van der Waals surface area contributed by atoms with Gasteiger partial charge in [-0.2, -0.15) is 0 Å². The Morgan fingerprint density at radius 1 is 1.08 bits per heavy atom. The van der Waals surface area contributed by atoms with E-state index in [1.807, 2.05) is 37.3 Å². The number of rotatable bonds is 2. The molecule has 0 amide bonds. The van der Waals surface area contributed by atoms with E-state index in [0.29, 0.717) is 0 Å². The number of aliphatic hydroxyl groups is 1. The molecule has 1 N–H and O–H groups in total. The molecule has 1 aromatic carbocycles. The summed E-state index contributed by atoms with van der Waals surface area (Å²) in [6.45, 7) is 1.95. The van der Waals surface area contributed by atoms with Gasteiger partial charge < -0.3 is 0 Å². The van der Waals surface area contributed by atoms with Crippen molar-refractivity contribution >= 4 is 13.3 Å². The molecule has 0 aromatic heterocycles. The monoisotopic (exact) mass is 240 g/mol. The van der Waals surface area contributed by atoms with E-state index < -0.39 is 17.7 Å². The Bertz CT molecular complexity index is 272. The molecule has 0 aliphatic carbocycles. The topological polar surface area (TPSA) is 20.2 Å². The molecule has 1 nitrogen and oxygen atoms in total. The summed E-state index contributed by atoms with van der Waals surface area (Å²) in [5.41, 5.74) is 1.06. The fourth-order valence-electron chi connectivity index (χ4n) is 1.20. The van der Waals surface area contributed by atoms with E-state index in [9.17, 15) is 5.11 Å². The van der Waals surface area contributed by atoms with Crippen molar-refractivity contribution in [3.05, 3.63) is 35.9 Å². The molecule has 0 aliphatic heterocycles. The average molecular weight is 239 g/mol. The quantitative estimate of drug-likeness (QED) is 0.786. The first-order chi connectivity index (χ1) is 5.86. The third-order valence-electron chi connectivity index (χ3n) is 2.80. The third kappa shape index (κ3) is 2.15. The molecule has 1 atom stereocenters. The second-order valence-electron chi connectivity index (χ2n) is 4.69. The molecule has 0 fully saturated rings. The first kappa shape index (κ1) is 10.8. The van der Waals surface area contributed by atoms with Crippen molar-refractivity contribution in [2.24, 2.45) is 0 Å². The van der Waals surface area contributed by atoms with Gasteiger partial charge in [0.05, 0.1) is 0 Å². The van der Waals surface area contributed by atoms with Gasteiger partial charge in [-0.25, -0.2) is 0 Å². The molecule has 0 saturated carbocycles. The maximum absolute atomic E-state index is 10.4. The van der Waals surface area contributed by atoms with Crippen LogP contribution in [0.2, 0.25) is 17.3 Å². The predicted octanol–water partition coefficient (Wildman–Crippen LogP) is 2.77. The summed E-state index contributed by atoms with van der Waals surface area (Å²) in [5, 5.41) is 10.4. The number of hydrogen-bond donors (Lipinski definition) is 1. The van der Waals surface area contributed by atoms with Crippen LogP contribution in [0.15, 0.2) is 30.3 Å². The van der Waals surface area contributed by atoms with Gasteiger partial charge in [0.1, 0.15) is 0 Å². The van der Waals surface area contributed by atoms with E-state index >= 15 is 0 Å². The summed E-state index contributed by atoms with van der Waals surface area (Å²) in [6, 6.07) is 9.97. The van der Waals surface area contributed by atoms with Crippen molar-refractivity contribution < 1.29 is 5.11 Å². The molecule has 1 aromatic rings. The molecule has 0 saturated heterocycles. The van der Waals surface area contributed by atoms with Crippen molar-refractivity contribution in [3.63, 3.8) is 0 Å². The molecule has 2 heteroatoms. The van der Waals surface area contributed by atoms with Gasteiger partial charge in [-0.1, -0.05) is 0 Å². The summed E-state index contributed by atoms with van der Waals surface area (Å²) in [4.78, 5) is 0. The van der Waals surface area contributed by atoms with Crippen LogP contribution in [-0.4, -0.2) is 18.4 Å². The van der Waals surface area contributed by atoms with Crippen LogP contribution in [0.3, 0.4) is 0 Å². The van der Waals surface area contributed by atoms with Crippen LogP contribution >= 0.6 is 0 Å². The van der Waals surface area contributed by atoms with Gasteiger partial charge in [0, 0.05) is 0 Å².